The molecule has 4 aromatic carbocycles. The van der Waals surface area contributed by atoms with Gasteiger partial charge in [-0.25, -0.2) is 19.9 Å². The number of piperidine rings is 4. The number of benzene rings is 4. The molecule has 3 aliphatic carbocycles. The highest BCUT2D eigenvalue weighted by molar-refractivity contribution is 6.33. The van der Waals surface area contributed by atoms with Gasteiger partial charge >= 0.3 is 11.9 Å². The van der Waals surface area contributed by atoms with Crippen LogP contribution in [0.25, 0.3) is 0 Å². The van der Waals surface area contributed by atoms with E-state index in [0.717, 1.165) is 252 Å². The largest absolute Gasteiger partial charge is 0.481 e. The van der Waals surface area contributed by atoms with Gasteiger partial charge in [0.1, 0.15) is 22.5 Å². The van der Waals surface area contributed by atoms with Crippen LogP contribution in [0.15, 0.2) is 97.6 Å². The van der Waals surface area contributed by atoms with Crippen molar-refractivity contribution in [3.8, 4) is 0 Å². The third kappa shape index (κ3) is 25.3. The Labute approximate surface area is 836 Å². The number of aliphatic carboxylic acids is 2. The number of hydrogen-bond donors (Lipinski definition) is 8. The molecule has 3 saturated carbocycles. The molecule has 8 aromatic rings. The predicted molar refractivity (Wildman–Crippen MR) is 553 cm³/mol. The zero-order valence-electron chi connectivity index (χ0n) is 82.4. The highest BCUT2D eigenvalue weighted by Gasteiger charge is 2.47. The molecule has 0 bridgehead atoms. The summed E-state index contributed by atoms with van der Waals surface area (Å²) >= 11 is 32.3. The van der Waals surface area contributed by atoms with Crippen molar-refractivity contribution in [2.75, 3.05) is 159 Å². The predicted octanol–water partition coefficient (Wildman–Crippen LogP) is 19.9. The Morgan fingerprint density at radius 2 is 0.657 bits per heavy atom. The summed E-state index contributed by atoms with van der Waals surface area (Å²) in [5, 5.41) is 55.5. The van der Waals surface area contributed by atoms with E-state index >= 15 is 0 Å². The van der Waals surface area contributed by atoms with Crippen molar-refractivity contribution in [1.82, 2.24) is 59.5 Å². The van der Waals surface area contributed by atoms with Crippen molar-refractivity contribution in [3.05, 3.63) is 184 Å². The number of aryl methyl sites for hydroxylation is 7. The normalized spacial score (nSPS) is 25.0. The number of carbonyl (C=O) groups is 2. The molecule has 8 N–H and O–H groups in total. The Morgan fingerprint density at radius 3 is 0.949 bits per heavy atom. The Hall–Kier alpha value is -8.25. The lowest BCUT2D eigenvalue weighted by atomic mass is 9.76. The van der Waals surface area contributed by atoms with Crippen LogP contribution in [0, 0.1) is 114 Å². The number of hydrogen-bond acceptors (Lipinski definition) is 24. The van der Waals surface area contributed by atoms with Gasteiger partial charge in [-0.15, -0.1) is 0 Å². The van der Waals surface area contributed by atoms with Gasteiger partial charge in [0, 0.05) is 165 Å². The van der Waals surface area contributed by atoms with Gasteiger partial charge in [-0.05, 0) is 328 Å². The number of nitrogens with one attached hydrogen (secondary N) is 4. The minimum absolute atomic E-state index is 0.0362. The van der Waals surface area contributed by atoms with E-state index in [1.165, 1.54) is 77.3 Å². The van der Waals surface area contributed by atoms with E-state index in [1.54, 1.807) is 6.20 Å². The van der Waals surface area contributed by atoms with Gasteiger partial charge in [0.2, 0.25) is 23.8 Å². The molecule has 31 heteroatoms. The fraction of sp³-hybridized carbons (Fsp3) is 0.604. The summed E-state index contributed by atoms with van der Waals surface area (Å²) in [6.07, 6.45) is 23.1. The summed E-state index contributed by atoms with van der Waals surface area (Å²) < 4.78 is 0. The third-order valence-electron chi connectivity index (χ3n) is 31.5. The number of aromatic nitrogens is 8. The number of nitrogens with zero attached hydrogens (tertiary/aromatic N) is 16. The smallest absolute Gasteiger partial charge is 0.306 e. The first kappa shape index (κ1) is 102. The van der Waals surface area contributed by atoms with E-state index in [9.17, 15) is 30.0 Å². The number of anilines is 8. The topological polar surface area (TPSA) is 292 Å². The number of β-amino-alcohol motifs (C(OH)–C–C–N with tert-alkyl or cyclic N) is 1. The van der Waals surface area contributed by atoms with Crippen molar-refractivity contribution >= 4 is 117 Å². The maximum atomic E-state index is 11.2. The Bertz CT molecular complexity index is 5290. The summed E-state index contributed by atoms with van der Waals surface area (Å²) in [7, 11) is 0. The summed E-state index contributed by atoms with van der Waals surface area (Å²) in [6, 6.07) is 26.3. The zero-order valence-corrected chi connectivity index (χ0v) is 86.2. The van der Waals surface area contributed by atoms with Crippen molar-refractivity contribution in [3.63, 3.8) is 0 Å². The molecule has 0 amide bonds. The minimum Gasteiger partial charge on any atom is -0.481 e. The van der Waals surface area contributed by atoms with Crippen LogP contribution < -0.4 is 40.9 Å². The number of rotatable bonds is 28. The van der Waals surface area contributed by atoms with Gasteiger partial charge < -0.3 is 80.9 Å². The lowest BCUT2D eigenvalue weighted by molar-refractivity contribution is -0.148. The van der Waals surface area contributed by atoms with Gasteiger partial charge in [0.25, 0.3) is 0 Å². The highest BCUT2D eigenvalue weighted by Crippen LogP contribution is 2.45. The lowest BCUT2D eigenvalue weighted by Gasteiger charge is -2.50. The van der Waals surface area contributed by atoms with E-state index in [1.807, 2.05) is 111 Å². The van der Waals surface area contributed by atoms with Crippen LogP contribution in [0.3, 0.4) is 0 Å². The van der Waals surface area contributed by atoms with Crippen LogP contribution in [-0.2, 0) is 9.59 Å². The second-order valence-electron chi connectivity index (χ2n) is 42.8. The summed E-state index contributed by atoms with van der Waals surface area (Å²) in [6.45, 7) is 44.6. The molecule has 11 fully saturated rings. The molecular formula is C106H145Cl5N20O6. The van der Waals surface area contributed by atoms with E-state index in [0.29, 0.717) is 82.9 Å². The molecule has 8 unspecified atom stereocenters. The molecule has 8 saturated heterocycles. The lowest BCUT2D eigenvalue weighted by Crippen LogP contribution is -2.56. The van der Waals surface area contributed by atoms with Gasteiger partial charge in [-0.2, -0.15) is 19.9 Å². The van der Waals surface area contributed by atoms with Crippen LogP contribution in [0.2, 0.25) is 25.1 Å². The fourth-order valence-electron chi connectivity index (χ4n) is 22.5. The maximum absolute atomic E-state index is 11.2. The van der Waals surface area contributed by atoms with E-state index < -0.39 is 17.5 Å². The van der Waals surface area contributed by atoms with Gasteiger partial charge in [0.15, 0.2) is 5.82 Å². The molecule has 740 valence electrons. The third-order valence-corrected chi connectivity index (χ3v) is 33.1. The van der Waals surface area contributed by atoms with Crippen molar-refractivity contribution in [1.29, 1.82) is 0 Å². The Kier molecular flexibility index (Phi) is 33.3. The minimum atomic E-state index is -0.641. The Morgan fingerprint density at radius 1 is 0.380 bits per heavy atom. The van der Waals surface area contributed by atoms with Gasteiger partial charge in [-0.1, -0.05) is 107 Å². The van der Waals surface area contributed by atoms with E-state index in [2.05, 4.69) is 151 Å². The standard InChI is InChI=1S/C27H36ClN5O2.C27H38ClN5O.C26H33Cl2N5O2.C26H38ClN5O/c1-16-6-7-23(24(28)9-16)18(3)30-25-17(2)12-29-27(31-25)33-14-21(15-33)19-5-4-8-32(13-19)22-10-20(11-22)26(34)35;1-17-6-7-24(25(28)9-17)19(3)30-26-18(2)12-29-27(31-26)33-14-22(15-33)21-5-4-8-32(13-21)23-10-20(11-23)16-34;1-15-5-6-21(22(27)8-15)16(2)30-24-23(28)11-29-26(31-24)33-13-19(14-33)17-4-3-7-32(12-17)20-9-18(10-20)25(34)35;1-17-8-9-22(23(27)11-17)19(3)29-24-18(2)12-28-25(30-24)32-14-21(15-32)20-7-6-10-31(13-20)16-26(4,5)33/h6-7,9,12,18-22H,4-5,8,10-11,13-15H2,1-3H3,(H,34,35)(H,29,30,31);6-7,9,12,19-23,34H,4-5,8,10-11,13-16H2,1-3H3,(H,29,30,31);5-6,8,11,16-20H,3-4,7,9-10,12-14H2,1-2H3,(H,34,35)(H,29,30,31);8-9,11-12,19-21,33H,6-7,10,13-16H2,1-5H3,(H,28,29,30). The average molecular weight is 1970 g/mol. The molecule has 4 aromatic heterocycles. The highest BCUT2D eigenvalue weighted by atomic mass is 35.5. The first-order chi connectivity index (χ1) is 65.6. The average Bonchev–Trinajstić information content (AvgIpc) is 0.779. The molecule has 137 heavy (non-hydrogen) atoms. The summed E-state index contributed by atoms with van der Waals surface area (Å²) in [5.41, 5.74) is 11.3. The van der Waals surface area contributed by atoms with Crippen LogP contribution >= 0.6 is 58.0 Å². The fourth-order valence-corrected chi connectivity index (χ4v) is 24.3. The zero-order chi connectivity index (χ0) is 96.9. The summed E-state index contributed by atoms with van der Waals surface area (Å²) in [5.74, 6) is 10.7. The molecule has 0 radical (unpaired) electrons. The molecule has 12 heterocycles. The number of halogens is 5. The van der Waals surface area contributed by atoms with Gasteiger partial charge in [-0.3, -0.25) is 9.59 Å². The monoisotopic (exact) mass is 1970 g/mol. The van der Waals surface area contributed by atoms with Crippen LogP contribution in [-0.4, -0.2) is 233 Å². The van der Waals surface area contributed by atoms with Crippen LogP contribution in [0.4, 0.5) is 47.1 Å². The van der Waals surface area contributed by atoms with Crippen molar-refractivity contribution in [2.45, 2.75) is 228 Å². The molecule has 8 atom stereocenters. The number of likely N-dealkylation sites (tertiary alicyclic amines) is 4. The second-order valence-corrected chi connectivity index (χ2v) is 44.9. The number of carboxylic acid groups (broad SMARTS) is 2. The molecule has 11 aliphatic rings. The quantitative estimate of drug-likeness (QED) is 0.0226. The number of aliphatic hydroxyl groups excluding tert-OH is 1. The first-order valence-electron chi connectivity index (χ1n) is 50.4. The summed E-state index contributed by atoms with van der Waals surface area (Å²) in [4.78, 5) is 79.4. The van der Waals surface area contributed by atoms with Crippen molar-refractivity contribution < 1.29 is 30.0 Å². The number of carboxylic acids is 2. The maximum Gasteiger partial charge on any atom is 0.306 e. The van der Waals surface area contributed by atoms with E-state index in [4.69, 9.17) is 77.9 Å². The van der Waals surface area contributed by atoms with Crippen molar-refractivity contribution in [2.24, 2.45) is 65.1 Å². The van der Waals surface area contributed by atoms with E-state index in [-0.39, 0.29) is 36.0 Å². The molecule has 0 spiro atoms. The van der Waals surface area contributed by atoms with Gasteiger partial charge in [0.05, 0.1) is 47.8 Å². The molecular weight excluding hydrogens is 1830 g/mol. The Balaban J connectivity index is 0.000000132. The molecule has 8 aliphatic heterocycles. The number of aliphatic hydroxyl groups is 2. The SMILES string of the molecule is Cc1ccc(C(C)Nc2nc(N3CC(C4CCCN(C5CC(C(=O)O)C5)C4)C3)ncc2C)c(Cl)c1.Cc1ccc(C(C)Nc2nc(N3CC(C4CCCN(C5CC(C(=O)O)C5)C4)C3)ncc2Cl)c(Cl)c1.Cc1ccc(C(C)Nc2nc(N3CC(C4CCCN(C5CC(CO)C5)C4)C3)ncc2C)c(Cl)c1.Cc1ccc(C(C)Nc2nc(N3CC(C4CCCN(CC(C)(C)O)C4)C3)ncc2C)c(Cl)c1. The molecule has 26 nitrogen and oxygen atoms in total. The van der Waals surface area contributed by atoms with Crippen LogP contribution in [0.5, 0.6) is 0 Å². The second kappa shape index (κ2) is 44.9. The first-order valence-corrected chi connectivity index (χ1v) is 52.3. The molecule has 19 rings (SSSR count). The van der Waals surface area contributed by atoms with Crippen LogP contribution in [0.1, 0.15) is 217 Å².